The molecular weight excluding hydrogens is 757 g/mol. The van der Waals surface area contributed by atoms with Crippen molar-refractivity contribution in [3.63, 3.8) is 0 Å². The van der Waals surface area contributed by atoms with Crippen molar-refractivity contribution in [1.29, 1.82) is 0 Å². The zero-order valence-corrected chi connectivity index (χ0v) is 34.1. The van der Waals surface area contributed by atoms with Gasteiger partial charge in [-0.1, -0.05) is 164 Å². The standard InChI is InChI=1S/C58H38N2S/c1-4-17-41(18-5-1)53-54(58-56(50-25-13-15-27-52(50)61-58)57-55(53)49-24-12-14-26-51(49)60(57)46-22-8-3-9-23-46)42-32-36-48(37-33-42)59(45-20-6-2-7-21-45)47-34-30-40(31-35-47)44-29-28-39-16-10-11-19-43(39)38-44/h1-38H. The predicted octanol–water partition coefficient (Wildman–Crippen LogP) is 16.8. The van der Waals surface area contributed by atoms with Crippen molar-refractivity contribution in [2.75, 3.05) is 4.90 Å². The van der Waals surface area contributed by atoms with E-state index < -0.39 is 0 Å². The van der Waals surface area contributed by atoms with Gasteiger partial charge in [0, 0.05) is 64.8 Å². The van der Waals surface area contributed by atoms with E-state index in [-0.39, 0.29) is 0 Å². The molecule has 0 radical (unpaired) electrons. The molecule has 0 spiro atoms. The lowest BCUT2D eigenvalue weighted by atomic mass is 9.88. The summed E-state index contributed by atoms with van der Waals surface area (Å²) in [5.41, 5.74) is 14.3. The number of anilines is 3. The molecule has 12 aromatic rings. The second-order valence-corrected chi connectivity index (χ2v) is 16.7. The first-order chi connectivity index (χ1) is 30.3. The van der Waals surface area contributed by atoms with E-state index in [1.165, 1.54) is 86.1 Å². The first-order valence-electron chi connectivity index (χ1n) is 20.8. The number of benzene rings is 10. The van der Waals surface area contributed by atoms with Crippen molar-refractivity contribution in [3.05, 3.63) is 231 Å². The molecule has 0 aliphatic heterocycles. The van der Waals surface area contributed by atoms with Crippen LogP contribution in [0.4, 0.5) is 17.1 Å². The van der Waals surface area contributed by atoms with Gasteiger partial charge in [0.1, 0.15) is 0 Å². The van der Waals surface area contributed by atoms with Crippen molar-refractivity contribution >= 4 is 81.1 Å². The van der Waals surface area contributed by atoms with Crippen LogP contribution >= 0.6 is 11.3 Å². The summed E-state index contributed by atoms with van der Waals surface area (Å²) < 4.78 is 5.08. The monoisotopic (exact) mass is 794 g/mol. The van der Waals surface area contributed by atoms with E-state index in [9.17, 15) is 0 Å². The molecule has 12 rings (SSSR count). The fourth-order valence-corrected chi connectivity index (χ4v) is 10.7. The molecule has 0 atom stereocenters. The average Bonchev–Trinajstić information content (AvgIpc) is 3.89. The number of thiophene rings is 1. The summed E-state index contributed by atoms with van der Waals surface area (Å²) in [7, 11) is 0. The summed E-state index contributed by atoms with van der Waals surface area (Å²) in [5.74, 6) is 0. The van der Waals surface area contributed by atoms with Crippen LogP contribution in [-0.2, 0) is 0 Å². The van der Waals surface area contributed by atoms with Gasteiger partial charge < -0.3 is 9.47 Å². The van der Waals surface area contributed by atoms with Gasteiger partial charge in [0.25, 0.3) is 0 Å². The van der Waals surface area contributed by atoms with Crippen LogP contribution in [0, 0.1) is 0 Å². The molecule has 0 bridgehead atoms. The molecule has 61 heavy (non-hydrogen) atoms. The average molecular weight is 795 g/mol. The van der Waals surface area contributed by atoms with Gasteiger partial charge in [-0.2, -0.15) is 0 Å². The lowest BCUT2D eigenvalue weighted by Gasteiger charge is -2.26. The van der Waals surface area contributed by atoms with Gasteiger partial charge in [0.15, 0.2) is 0 Å². The van der Waals surface area contributed by atoms with Crippen LogP contribution in [-0.4, -0.2) is 4.57 Å². The molecule has 3 heteroatoms. The van der Waals surface area contributed by atoms with Crippen LogP contribution in [0.15, 0.2) is 231 Å². The Balaban J connectivity index is 1.08. The maximum Gasteiger partial charge on any atom is 0.0640 e. The normalized spacial score (nSPS) is 11.6. The molecule has 0 saturated carbocycles. The van der Waals surface area contributed by atoms with Gasteiger partial charge in [-0.15, -0.1) is 11.3 Å². The molecule has 2 heterocycles. The summed E-state index contributed by atoms with van der Waals surface area (Å²) in [4.78, 5) is 2.36. The summed E-state index contributed by atoms with van der Waals surface area (Å²) in [5, 5.41) is 7.61. The SMILES string of the molecule is c1ccc(-c2c(-c3ccc(N(c4ccccc4)c4ccc(-c5ccc6ccccc6c5)cc4)cc3)c3sc4ccccc4c3c3c2c2ccccc2n3-c2ccccc2)cc1. The largest absolute Gasteiger partial charge is 0.311 e. The highest BCUT2D eigenvalue weighted by atomic mass is 32.1. The van der Waals surface area contributed by atoms with Gasteiger partial charge in [-0.25, -0.2) is 0 Å². The maximum atomic E-state index is 2.49. The van der Waals surface area contributed by atoms with Crippen LogP contribution in [0.5, 0.6) is 0 Å². The lowest BCUT2D eigenvalue weighted by Crippen LogP contribution is -2.09. The lowest BCUT2D eigenvalue weighted by molar-refractivity contribution is 1.19. The van der Waals surface area contributed by atoms with Crippen molar-refractivity contribution in [3.8, 4) is 39.1 Å². The Labute approximate surface area is 358 Å². The van der Waals surface area contributed by atoms with Gasteiger partial charge in [0.2, 0.25) is 0 Å². The number of hydrogen-bond donors (Lipinski definition) is 0. The number of rotatable bonds is 7. The maximum absolute atomic E-state index is 2.49. The third-order valence-electron chi connectivity index (χ3n) is 12.1. The van der Waals surface area contributed by atoms with Crippen molar-refractivity contribution < 1.29 is 0 Å². The Morgan fingerprint density at radius 1 is 0.361 bits per heavy atom. The van der Waals surface area contributed by atoms with Gasteiger partial charge in [-0.3, -0.25) is 0 Å². The summed E-state index contributed by atoms with van der Waals surface area (Å²) in [6.07, 6.45) is 0. The highest BCUT2D eigenvalue weighted by Gasteiger charge is 2.27. The molecule has 0 amide bonds. The molecule has 2 aromatic heterocycles. The number of para-hydroxylation sites is 3. The number of aromatic nitrogens is 1. The van der Waals surface area contributed by atoms with E-state index in [1.807, 2.05) is 11.3 Å². The number of fused-ring (bicyclic) bond motifs is 8. The first kappa shape index (κ1) is 35.2. The molecular formula is C58H38N2S. The smallest absolute Gasteiger partial charge is 0.0640 e. The minimum absolute atomic E-state index is 1.10. The molecule has 0 saturated heterocycles. The van der Waals surface area contributed by atoms with E-state index in [1.54, 1.807) is 0 Å². The predicted molar refractivity (Wildman–Crippen MR) is 262 cm³/mol. The summed E-state index contributed by atoms with van der Waals surface area (Å²) >= 11 is 1.90. The highest BCUT2D eigenvalue weighted by Crippen LogP contribution is 2.53. The third kappa shape index (κ3) is 5.85. The van der Waals surface area contributed by atoms with Gasteiger partial charge in [0.05, 0.1) is 11.0 Å². The topological polar surface area (TPSA) is 8.17 Å². The van der Waals surface area contributed by atoms with Crippen LogP contribution in [0.3, 0.4) is 0 Å². The zero-order chi connectivity index (χ0) is 40.3. The third-order valence-corrected chi connectivity index (χ3v) is 13.3. The molecule has 0 aliphatic carbocycles. The summed E-state index contributed by atoms with van der Waals surface area (Å²) in [6, 6.07) is 83.9. The molecule has 0 aliphatic rings. The fourth-order valence-electron chi connectivity index (χ4n) is 9.41. The minimum Gasteiger partial charge on any atom is -0.311 e. The fraction of sp³-hybridized carbons (Fsp3) is 0. The molecule has 0 unspecified atom stereocenters. The van der Waals surface area contributed by atoms with Crippen LogP contribution in [0.2, 0.25) is 0 Å². The Bertz CT molecular complexity index is 3550. The quantitative estimate of drug-likeness (QED) is 0.156. The molecule has 286 valence electrons. The number of hydrogen-bond acceptors (Lipinski definition) is 2. The minimum atomic E-state index is 1.10. The van der Waals surface area contributed by atoms with Crippen LogP contribution in [0.1, 0.15) is 0 Å². The van der Waals surface area contributed by atoms with Gasteiger partial charge >= 0.3 is 0 Å². The second-order valence-electron chi connectivity index (χ2n) is 15.7. The van der Waals surface area contributed by atoms with Gasteiger partial charge in [-0.05, 0) is 99.8 Å². The molecule has 10 aromatic carbocycles. The van der Waals surface area contributed by atoms with E-state index in [4.69, 9.17) is 0 Å². The first-order valence-corrected chi connectivity index (χ1v) is 21.7. The highest BCUT2D eigenvalue weighted by molar-refractivity contribution is 7.26. The Hall–Kier alpha value is -7.72. The van der Waals surface area contributed by atoms with Crippen LogP contribution in [0.25, 0.3) is 91.8 Å². The van der Waals surface area contributed by atoms with E-state index in [0.29, 0.717) is 0 Å². The Morgan fingerprint density at radius 3 is 1.64 bits per heavy atom. The van der Waals surface area contributed by atoms with E-state index >= 15 is 0 Å². The van der Waals surface area contributed by atoms with E-state index in [0.717, 1.165) is 22.7 Å². The van der Waals surface area contributed by atoms with Crippen molar-refractivity contribution in [2.24, 2.45) is 0 Å². The second kappa shape index (κ2) is 14.5. The van der Waals surface area contributed by atoms with Crippen molar-refractivity contribution in [2.45, 2.75) is 0 Å². The van der Waals surface area contributed by atoms with Crippen molar-refractivity contribution in [1.82, 2.24) is 4.57 Å². The Morgan fingerprint density at radius 2 is 0.902 bits per heavy atom. The molecule has 0 N–H and O–H groups in total. The van der Waals surface area contributed by atoms with Crippen LogP contribution < -0.4 is 4.90 Å². The molecule has 2 nitrogen and oxygen atoms in total. The Kier molecular flexibility index (Phi) is 8.39. The van der Waals surface area contributed by atoms with E-state index in [2.05, 4.69) is 240 Å². The molecule has 0 fully saturated rings. The zero-order valence-electron chi connectivity index (χ0n) is 33.2. The summed E-state index contributed by atoms with van der Waals surface area (Å²) in [6.45, 7) is 0. The number of nitrogens with zero attached hydrogens (tertiary/aromatic N) is 2.